The Bertz CT molecular complexity index is 248. The first kappa shape index (κ1) is 15.5. The van der Waals surface area contributed by atoms with Crippen LogP contribution in [0.1, 0.15) is 84.0 Å². The van der Waals surface area contributed by atoms with Crippen LogP contribution in [0.4, 0.5) is 0 Å². The van der Waals surface area contributed by atoms with E-state index in [1.54, 1.807) is 0 Å². The highest BCUT2D eigenvalue weighted by Gasteiger charge is 2.37. The van der Waals surface area contributed by atoms with E-state index >= 15 is 0 Å². The first-order valence-corrected chi connectivity index (χ1v) is 7.84. The average molecular weight is 251 g/mol. The van der Waals surface area contributed by atoms with E-state index in [1.165, 1.54) is 38.5 Å². The second kappa shape index (κ2) is 8.53. The van der Waals surface area contributed by atoms with Crippen molar-refractivity contribution in [2.24, 2.45) is 5.41 Å². The topological polar surface area (TPSA) is 44.0 Å². The van der Waals surface area contributed by atoms with Crippen LogP contribution in [-0.4, -0.2) is 11.2 Å². The summed E-state index contributed by atoms with van der Waals surface area (Å²) < 4.78 is 0. The summed E-state index contributed by atoms with van der Waals surface area (Å²) in [5.41, 5.74) is -0.429. The molecule has 18 heavy (non-hydrogen) atoms. The van der Waals surface area contributed by atoms with Gasteiger partial charge in [-0.25, -0.2) is 0 Å². The maximum Gasteiger partial charge on any atom is 0.0832 e. The zero-order valence-electron chi connectivity index (χ0n) is 12.0. The fourth-order valence-corrected chi connectivity index (χ4v) is 3.10. The van der Waals surface area contributed by atoms with Crippen molar-refractivity contribution in [1.29, 1.82) is 5.26 Å². The van der Waals surface area contributed by atoms with Gasteiger partial charge in [0.1, 0.15) is 0 Å². The number of aliphatic hydroxyl groups excluding tert-OH is 1. The normalized spacial score (nSPS) is 20.9. The van der Waals surface area contributed by atoms with Gasteiger partial charge in [-0.2, -0.15) is 5.26 Å². The SMILES string of the molecule is CCCCCCCC(O)C1(C#N)CCCCCC1. The molecule has 104 valence electrons. The van der Waals surface area contributed by atoms with Gasteiger partial charge in [0, 0.05) is 0 Å². The van der Waals surface area contributed by atoms with E-state index in [0.717, 1.165) is 38.5 Å². The Hall–Kier alpha value is -0.550. The molecule has 1 N–H and O–H groups in total. The van der Waals surface area contributed by atoms with Crippen LogP contribution in [0.2, 0.25) is 0 Å². The molecule has 2 heteroatoms. The maximum absolute atomic E-state index is 10.4. The lowest BCUT2D eigenvalue weighted by molar-refractivity contribution is 0.0433. The Balaban J connectivity index is 2.36. The summed E-state index contributed by atoms with van der Waals surface area (Å²) in [6.07, 6.45) is 13.0. The van der Waals surface area contributed by atoms with Crippen molar-refractivity contribution >= 4 is 0 Å². The molecule has 0 spiro atoms. The van der Waals surface area contributed by atoms with E-state index in [4.69, 9.17) is 0 Å². The molecule has 1 unspecified atom stereocenters. The number of nitriles is 1. The summed E-state index contributed by atoms with van der Waals surface area (Å²) in [6, 6.07) is 2.46. The smallest absolute Gasteiger partial charge is 0.0832 e. The van der Waals surface area contributed by atoms with Gasteiger partial charge in [0.25, 0.3) is 0 Å². The number of hydrogen-bond acceptors (Lipinski definition) is 2. The zero-order valence-corrected chi connectivity index (χ0v) is 12.0. The van der Waals surface area contributed by atoms with Crippen LogP contribution >= 0.6 is 0 Å². The van der Waals surface area contributed by atoms with Gasteiger partial charge < -0.3 is 5.11 Å². The lowest BCUT2D eigenvalue weighted by Crippen LogP contribution is -2.33. The summed E-state index contributed by atoms with van der Waals surface area (Å²) >= 11 is 0. The Morgan fingerprint density at radius 1 is 1.06 bits per heavy atom. The van der Waals surface area contributed by atoms with E-state index in [0.29, 0.717) is 0 Å². The third-order valence-corrected chi connectivity index (χ3v) is 4.44. The first-order chi connectivity index (χ1) is 8.75. The maximum atomic E-state index is 10.4. The van der Waals surface area contributed by atoms with Crippen molar-refractivity contribution in [3.63, 3.8) is 0 Å². The molecule has 0 aliphatic heterocycles. The number of aliphatic hydroxyl groups is 1. The van der Waals surface area contributed by atoms with Gasteiger partial charge in [-0.3, -0.25) is 0 Å². The van der Waals surface area contributed by atoms with Crippen LogP contribution in [0.3, 0.4) is 0 Å². The van der Waals surface area contributed by atoms with Gasteiger partial charge in [-0.05, 0) is 19.3 Å². The van der Waals surface area contributed by atoms with Gasteiger partial charge in [0.05, 0.1) is 17.6 Å². The highest BCUT2D eigenvalue weighted by Crippen LogP contribution is 2.39. The van der Waals surface area contributed by atoms with E-state index in [2.05, 4.69) is 13.0 Å². The average Bonchev–Trinajstić information content (AvgIpc) is 2.64. The Kier molecular flexibility index (Phi) is 7.35. The van der Waals surface area contributed by atoms with Crippen molar-refractivity contribution in [3.8, 4) is 6.07 Å². The molecular weight excluding hydrogens is 222 g/mol. The minimum Gasteiger partial charge on any atom is -0.391 e. The molecule has 0 bridgehead atoms. The highest BCUT2D eigenvalue weighted by molar-refractivity contribution is 5.04. The fraction of sp³-hybridized carbons (Fsp3) is 0.938. The molecular formula is C16H29NO. The molecule has 1 aliphatic rings. The minimum absolute atomic E-state index is 0.401. The standard InChI is InChI=1S/C16H29NO/c1-2-3-4-5-8-11-15(18)16(14-17)12-9-6-7-10-13-16/h15,18H,2-13H2,1H3. The quantitative estimate of drug-likeness (QED) is 0.532. The van der Waals surface area contributed by atoms with Crippen LogP contribution in [0, 0.1) is 16.7 Å². The van der Waals surface area contributed by atoms with Crippen molar-refractivity contribution in [2.75, 3.05) is 0 Å². The summed E-state index contributed by atoms with van der Waals surface area (Å²) in [5, 5.41) is 19.9. The second-order valence-electron chi connectivity index (χ2n) is 5.90. The molecule has 1 atom stereocenters. The van der Waals surface area contributed by atoms with Crippen LogP contribution < -0.4 is 0 Å². The van der Waals surface area contributed by atoms with E-state index < -0.39 is 11.5 Å². The molecule has 1 rings (SSSR count). The van der Waals surface area contributed by atoms with Gasteiger partial charge in [-0.15, -0.1) is 0 Å². The Morgan fingerprint density at radius 3 is 2.22 bits per heavy atom. The molecule has 0 aromatic carbocycles. The first-order valence-electron chi connectivity index (χ1n) is 7.84. The van der Waals surface area contributed by atoms with Gasteiger partial charge >= 0.3 is 0 Å². The molecule has 0 heterocycles. The van der Waals surface area contributed by atoms with Crippen LogP contribution in [0.25, 0.3) is 0 Å². The zero-order chi connectivity index (χ0) is 13.3. The Morgan fingerprint density at radius 2 is 1.67 bits per heavy atom. The van der Waals surface area contributed by atoms with E-state index in [1.807, 2.05) is 0 Å². The largest absolute Gasteiger partial charge is 0.391 e. The van der Waals surface area contributed by atoms with E-state index in [-0.39, 0.29) is 0 Å². The summed E-state index contributed by atoms with van der Waals surface area (Å²) in [5.74, 6) is 0. The molecule has 0 aromatic heterocycles. The lowest BCUT2D eigenvalue weighted by atomic mass is 9.75. The number of rotatable bonds is 7. The summed E-state index contributed by atoms with van der Waals surface area (Å²) in [6.45, 7) is 2.21. The predicted octanol–water partition coefficient (Wildman–Crippen LogP) is 4.57. The van der Waals surface area contributed by atoms with Gasteiger partial charge in [0.2, 0.25) is 0 Å². The molecule has 1 fully saturated rings. The van der Waals surface area contributed by atoms with Crippen molar-refractivity contribution in [2.45, 2.75) is 90.1 Å². The van der Waals surface area contributed by atoms with Gasteiger partial charge in [-0.1, -0.05) is 64.7 Å². The van der Waals surface area contributed by atoms with Crippen molar-refractivity contribution in [3.05, 3.63) is 0 Å². The molecule has 1 saturated carbocycles. The molecule has 0 radical (unpaired) electrons. The second-order valence-corrected chi connectivity index (χ2v) is 5.90. The third-order valence-electron chi connectivity index (χ3n) is 4.44. The predicted molar refractivity (Wildman–Crippen MR) is 75.1 cm³/mol. The summed E-state index contributed by atoms with van der Waals surface area (Å²) in [4.78, 5) is 0. The molecule has 0 saturated heterocycles. The minimum atomic E-state index is -0.429. The molecule has 0 aromatic rings. The third kappa shape index (κ3) is 4.61. The van der Waals surface area contributed by atoms with Crippen molar-refractivity contribution < 1.29 is 5.11 Å². The van der Waals surface area contributed by atoms with Crippen molar-refractivity contribution in [1.82, 2.24) is 0 Å². The molecule has 0 amide bonds. The van der Waals surface area contributed by atoms with Crippen LogP contribution in [0.15, 0.2) is 0 Å². The van der Waals surface area contributed by atoms with E-state index in [9.17, 15) is 10.4 Å². The number of unbranched alkanes of at least 4 members (excludes halogenated alkanes) is 4. The monoisotopic (exact) mass is 251 g/mol. The fourth-order valence-electron chi connectivity index (χ4n) is 3.10. The van der Waals surface area contributed by atoms with Gasteiger partial charge in [0.15, 0.2) is 0 Å². The lowest BCUT2D eigenvalue weighted by Gasteiger charge is -2.30. The highest BCUT2D eigenvalue weighted by atomic mass is 16.3. The number of nitrogens with zero attached hydrogens (tertiary/aromatic N) is 1. The molecule has 2 nitrogen and oxygen atoms in total. The molecule has 1 aliphatic carbocycles. The summed E-state index contributed by atoms with van der Waals surface area (Å²) in [7, 11) is 0. The van der Waals surface area contributed by atoms with Crippen LogP contribution in [0.5, 0.6) is 0 Å². The Labute approximate surface area is 112 Å². The van der Waals surface area contributed by atoms with Crippen LogP contribution in [-0.2, 0) is 0 Å². The number of hydrogen-bond donors (Lipinski definition) is 1.